The molecule has 1 amide bonds. The van der Waals surface area contributed by atoms with Gasteiger partial charge in [0.2, 0.25) is 0 Å². The summed E-state index contributed by atoms with van der Waals surface area (Å²) in [5.74, 6) is -0.958. The SMILES string of the molecule is CCc1[nH]c(C(=O)OCC(=O)NCCOc2cccc(C)c2)c(C)c1C(=O)OC. The second kappa shape index (κ2) is 10.3. The van der Waals surface area contributed by atoms with E-state index in [-0.39, 0.29) is 12.2 Å². The highest BCUT2D eigenvalue weighted by molar-refractivity contribution is 5.99. The summed E-state index contributed by atoms with van der Waals surface area (Å²) in [4.78, 5) is 39.0. The highest BCUT2D eigenvalue weighted by atomic mass is 16.5. The number of carbonyl (C=O) groups is 3. The number of aryl methyl sites for hydroxylation is 2. The maximum atomic E-state index is 12.3. The van der Waals surface area contributed by atoms with Crippen LogP contribution in [0.25, 0.3) is 0 Å². The molecule has 2 rings (SSSR count). The molecule has 0 saturated carbocycles. The summed E-state index contributed by atoms with van der Waals surface area (Å²) in [7, 11) is 1.28. The Morgan fingerprint density at radius 2 is 1.90 bits per heavy atom. The number of aromatic amines is 1. The number of carbonyl (C=O) groups excluding carboxylic acids is 3. The molecule has 0 bridgehead atoms. The van der Waals surface area contributed by atoms with E-state index >= 15 is 0 Å². The number of methoxy groups -OCH3 is 1. The van der Waals surface area contributed by atoms with Gasteiger partial charge in [0.25, 0.3) is 5.91 Å². The molecule has 8 nitrogen and oxygen atoms in total. The van der Waals surface area contributed by atoms with E-state index in [2.05, 4.69) is 10.3 Å². The van der Waals surface area contributed by atoms with Gasteiger partial charge in [-0.25, -0.2) is 9.59 Å². The Kier molecular flexibility index (Phi) is 7.82. The average molecular weight is 402 g/mol. The van der Waals surface area contributed by atoms with Gasteiger partial charge >= 0.3 is 11.9 Å². The molecule has 2 aromatic rings. The van der Waals surface area contributed by atoms with Crippen molar-refractivity contribution < 1.29 is 28.6 Å². The Morgan fingerprint density at radius 1 is 1.14 bits per heavy atom. The van der Waals surface area contributed by atoms with E-state index in [1.165, 1.54) is 7.11 Å². The van der Waals surface area contributed by atoms with Gasteiger partial charge in [-0.1, -0.05) is 19.1 Å². The van der Waals surface area contributed by atoms with E-state index in [1.54, 1.807) is 6.92 Å². The molecule has 29 heavy (non-hydrogen) atoms. The number of hydrogen-bond donors (Lipinski definition) is 2. The molecule has 1 aromatic heterocycles. The first-order chi connectivity index (χ1) is 13.9. The first-order valence-corrected chi connectivity index (χ1v) is 9.30. The van der Waals surface area contributed by atoms with Gasteiger partial charge in [0.1, 0.15) is 18.1 Å². The molecule has 0 aliphatic heterocycles. The molecule has 0 atom stereocenters. The van der Waals surface area contributed by atoms with Crippen molar-refractivity contribution in [2.24, 2.45) is 0 Å². The molecule has 0 unspecified atom stereocenters. The fourth-order valence-electron chi connectivity index (χ4n) is 2.82. The normalized spacial score (nSPS) is 10.3. The highest BCUT2D eigenvalue weighted by Gasteiger charge is 2.24. The quantitative estimate of drug-likeness (QED) is 0.492. The van der Waals surface area contributed by atoms with Crippen LogP contribution in [0.15, 0.2) is 24.3 Å². The number of hydrogen-bond acceptors (Lipinski definition) is 6. The van der Waals surface area contributed by atoms with Gasteiger partial charge in [0.15, 0.2) is 6.61 Å². The lowest BCUT2D eigenvalue weighted by molar-refractivity contribution is -0.124. The third-order valence-electron chi connectivity index (χ3n) is 4.29. The van der Waals surface area contributed by atoms with Crippen LogP contribution >= 0.6 is 0 Å². The van der Waals surface area contributed by atoms with Gasteiger partial charge in [-0.2, -0.15) is 0 Å². The van der Waals surface area contributed by atoms with E-state index in [0.29, 0.717) is 29.8 Å². The van der Waals surface area contributed by atoms with Crippen LogP contribution in [0.5, 0.6) is 5.75 Å². The Hall–Kier alpha value is -3.29. The van der Waals surface area contributed by atoms with Crippen LogP contribution < -0.4 is 10.1 Å². The minimum absolute atomic E-state index is 0.137. The largest absolute Gasteiger partial charge is 0.492 e. The summed E-state index contributed by atoms with van der Waals surface area (Å²) in [5.41, 5.74) is 2.56. The smallest absolute Gasteiger partial charge is 0.355 e. The third-order valence-corrected chi connectivity index (χ3v) is 4.29. The topological polar surface area (TPSA) is 107 Å². The zero-order valence-corrected chi connectivity index (χ0v) is 17.1. The van der Waals surface area contributed by atoms with Gasteiger partial charge < -0.3 is 24.5 Å². The predicted octanol–water partition coefficient (Wildman–Crippen LogP) is 2.33. The first-order valence-electron chi connectivity index (χ1n) is 9.30. The van der Waals surface area contributed by atoms with Crippen LogP contribution in [0.2, 0.25) is 0 Å². The van der Waals surface area contributed by atoms with Crippen LogP contribution in [0, 0.1) is 13.8 Å². The van der Waals surface area contributed by atoms with Crippen molar-refractivity contribution in [2.45, 2.75) is 27.2 Å². The molecule has 156 valence electrons. The number of ether oxygens (including phenoxy) is 3. The van der Waals surface area contributed by atoms with Crippen LogP contribution in [0.3, 0.4) is 0 Å². The molecule has 0 spiro atoms. The lowest BCUT2D eigenvalue weighted by Crippen LogP contribution is -2.32. The molecule has 0 fully saturated rings. The van der Waals surface area contributed by atoms with Gasteiger partial charge in [0, 0.05) is 5.69 Å². The maximum Gasteiger partial charge on any atom is 0.355 e. The van der Waals surface area contributed by atoms with E-state index < -0.39 is 24.5 Å². The van der Waals surface area contributed by atoms with Crippen LogP contribution in [0.4, 0.5) is 0 Å². The second-order valence-electron chi connectivity index (χ2n) is 6.41. The summed E-state index contributed by atoms with van der Waals surface area (Å²) in [6, 6.07) is 7.59. The number of benzene rings is 1. The zero-order valence-electron chi connectivity index (χ0n) is 17.1. The van der Waals surface area contributed by atoms with Crippen LogP contribution in [-0.4, -0.2) is 49.7 Å². The Bertz CT molecular complexity index is 887. The number of amides is 1. The summed E-state index contributed by atoms with van der Waals surface area (Å²) in [6.45, 7) is 5.57. The summed E-state index contributed by atoms with van der Waals surface area (Å²) < 4.78 is 15.3. The van der Waals surface area contributed by atoms with Crippen molar-refractivity contribution in [2.75, 3.05) is 26.9 Å². The monoisotopic (exact) mass is 402 g/mol. The summed E-state index contributed by atoms with van der Waals surface area (Å²) in [6.07, 6.45) is 0.514. The molecule has 2 N–H and O–H groups in total. The molecule has 0 aliphatic carbocycles. The molecular formula is C21H26N2O6. The van der Waals surface area contributed by atoms with Crippen molar-refractivity contribution >= 4 is 17.8 Å². The second-order valence-corrected chi connectivity index (χ2v) is 6.41. The van der Waals surface area contributed by atoms with Crippen molar-refractivity contribution in [3.63, 3.8) is 0 Å². The molecule has 1 heterocycles. The number of esters is 2. The number of aromatic nitrogens is 1. The number of H-pyrrole nitrogens is 1. The van der Waals surface area contributed by atoms with Crippen molar-refractivity contribution in [3.8, 4) is 5.75 Å². The maximum absolute atomic E-state index is 12.3. The average Bonchev–Trinajstić information content (AvgIpc) is 3.05. The van der Waals surface area contributed by atoms with E-state index in [4.69, 9.17) is 14.2 Å². The molecular weight excluding hydrogens is 376 g/mol. The van der Waals surface area contributed by atoms with Gasteiger partial charge in [0.05, 0.1) is 19.2 Å². The number of rotatable bonds is 9. The zero-order chi connectivity index (χ0) is 21.4. The molecule has 0 saturated heterocycles. The molecule has 1 aromatic carbocycles. The van der Waals surface area contributed by atoms with Gasteiger partial charge in [-0.3, -0.25) is 4.79 Å². The van der Waals surface area contributed by atoms with Crippen molar-refractivity contribution in [1.82, 2.24) is 10.3 Å². The lowest BCUT2D eigenvalue weighted by Gasteiger charge is -2.09. The first kappa shape index (κ1) is 22.0. The van der Waals surface area contributed by atoms with E-state index in [1.807, 2.05) is 38.1 Å². The standard InChI is InChI=1S/C21H26N2O6/c1-5-16-18(20(25)27-4)14(3)19(23-16)21(26)29-12-17(24)22-9-10-28-15-8-6-7-13(2)11-15/h6-8,11,23H,5,9-10,12H2,1-4H3,(H,22,24). The number of nitrogens with one attached hydrogen (secondary N) is 2. The van der Waals surface area contributed by atoms with Gasteiger partial charge in [-0.15, -0.1) is 0 Å². The van der Waals surface area contributed by atoms with Crippen LogP contribution in [0.1, 0.15) is 44.6 Å². The van der Waals surface area contributed by atoms with E-state index in [0.717, 1.165) is 11.3 Å². The van der Waals surface area contributed by atoms with Crippen molar-refractivity contribution in [3.05, 3.63) is 52.3 Å². The fraction of sp³-hybridized carbons (Fsp3) is 0.381. The summed E-state index contributed by atoms with van der Waals surface area (Å²) >= 11 is 0. The minimum atomic E-state index is -0.710. The van der Waals surface area contributed by atoms with Crippen molar-refractivity contribution in [1.29, 1.82) is 0 Å². The summed E-state index contributed by atoms with van der Waals surface area (Å²) in [5, 5.41) is 2.62. The fourth-order valence-corrected chi connectivity index (χ4v) is 2.82. The Balaban J connectivity index is 1.82. The minimum Gasteiger partial charge on any atom is -0.492 e. The lowest BCUT2D eigenvalue weighted by atomic mass is 10.1. The Morgan fingerprint density at radius 3 is 2.55 bits per heavy atom. The van der Waals surface area contributed by atoms with E-state index in [9.17, 15) is 14.4 Å². The molecule has 0 aliphatic rings. The molecule has 0 radical (unpaired) electrons. The molecule has 8 heteroatoms. The third kappa shape index (κ3) is 5.84. The van der Waals surface area contributed by atoms with Crippen LogP contribution in [-0.2, 0) is 20.7 Å². The Labute approximate surface area is 169 Å². The van der Waals surface area contributed by atoms with Gasteiger partial charge in [-0.05, 0) is 43.5 Å². The predicted molar refractivity (Wildman–Crippen MR) is 106 cm³/mol. The highest BCUT2D eigenvalue weighted by Crippen LogP contribution is 2.20.